The fraction of sp³-hybridized carbons (Fsp3) is 0.278. The lowest BCUT2D eigenvalue weighted by molar-refractivity contribution is -0.252. The highest BCUT2D eigenvalue weighted by Gasteiger charge is 2.32. The largest absolute Gasteiger partial charge is 0.596 e. The van der Waals surface area contributed by atoms with E-state index < -0.39 is 6.08 Å². The van der Waals surface area contributed by atoms with Gasteiger partial charge in [-0.2, -0.15) is 0 Å². The van der Waals surface area contributed by atoms with Gasteiger partial charge < -0.3 is 14.6 Å². The lowest BCUT2D eigenvalue weighted by Gasteiger charge is -2.17. The van der Waals surface area contributed by atoms with Crippen LogP contribution in [-0.2, 0) is 16.1 Å². The van der Waals surface area contributed by atoms with Crippen LogP contribution in [0.2, 0.25) is 0 Å². The van der Waals surface area contributed by atoms with Crippen molar-refractivity contribution in [3.05, 3.63) is 66.2 Å². The number of nitrogens with zero attached hydrogens (tertiary/aromatic N) is 1. The maximum absolute atomic E-state index is 11.9. The van der Waals surface area contributed by atoms with Crippen molar-refractivity contribution in [2.75, 3.05) is 12.4 Å². The summed E-state index contributed by atoms with van der Waals surface area (Å²) in [5.41, 5.74) is 0.953. The van der Waals surface area contributed by atoms with E-state index in [0.29, 0.717) is 12.4 Å². The smallest absolute Gasteiger partial charge is 0.146 e. The first-order valence-electron chi connectivity index (χ1n) is 7.52. The van der Waals surface area contributed by atoms with Crippen LogP contribution in [0.25, 0.3) is 0 Å². The number of rotatable bonds is 7. The molecule has 3 rings (SSSR count). The van der Waals surface area contributed by atoms with E-state index in [1.165, 1.54) is 0 Å². The average Bonchev–Trinajstić information content (AvgIpc) is 3.43. The Labute approximate surface area is 140 Å². The van der Waals surface area contributed by atoms with Crippen LogP contribution >= 0.6 is 11.8 Å². The zero-order chi connectivity index (χ0) is 15.9. The van der Waals surface area contributed by atoms with Crippen molar-refractivity contribution < 1.29 is 14.6 Å². The van der Waals surface area contributed by atoms with Crippen LogP contribution < -0.4 is 5.11 Å². The van der Waals surface area contributed by atoms with Crippen LogP contribution in [0.3, 0.4) is 0 Å². The summed E-state index contributed by atoms with van der Waals surface area (Å²) in [6.45, 7) is 0.905. The predicted molar refractivity (Wildman–Crippen MR) is 89.4 cm³/mol. The molecule has 2 atom stereocenters. The first-order chi connectivity index (χ1) is 11.3. The highest BCUT2D eigenvalue weighted by Crippen LogP contribution is 2.25. The Morgan fingerprint density at radius 2 is 1.83 bits per heavy atom. The van der Waals surface area contributed by atoms with Gasteiger partial charge in [0.15, 0.2) is 0 Å². The zero-order valence-electron chi connectivity index (χ0n) is 12.6. The van der Waals surface area contributed by atoms with Crippen LogP contribution in [0, 0.1) is 0 Å². The maximum Gasteiger partial charge on any atom is 0.146 e. The molecular weight excluding hydrogens is 310 g/mol. The van der Waals surface area contributed by atoms with Gasteiger partial charge in [0.1, 0.15) is 12.2 Å². The number of aliphatic imine (C=N–C) groups is 1. The summed E-state index contributed by atoms with van der Waals surface area (Å²) in [6.07, 6.45) is -0.487. The second-order valence-electron chi connectivity index (χ2n) is 5.23. The normalized spacial score (nSPS) is 18.4. The number of ether oxygens (including phenoxy) is 2. The predicted octanol–water partition coefficient (Wildman–Crippen LogP) is 2.48. The van der Waals surface area contributed by atoms with Gasteiger partial charge >= 0.3 is 0 Å². The Hall–Kier alpha value is -1.98. The van der Waals surface area contributed by atoms with E-state index in [2.05, 4.69) is 4.99 Å². The van der Waals surface area contributed by atoms with Crippen molar-refractivity contribution in [2.24, 2.45) is 4.99 Å². The number of hydrogen-bond donors (Lipinski definition) is 0. The zero-order valence-corrected chi connectivity index (χ0v) is 13.4. The van der Waals surface area contributed by atoms with E-state index in [1.54, 1.807) is 11.8 Å². The Balaban J connectivity index is 1.53. The Morgan fingerprint density at radius 1 is 1.17 bits per heavy atom. The molecule has 0 N–H and O–H groups in total. The summed E-state index contributed by atoms with van der Waals surface area (Å²) in [4.78, 5) is 5.32. The van der Waals surface area contributed by atoms with E-state index in [-0.39, 0.29) is 18.8 Å². The molecule has 0 spiro atoms. The lowest BCUT2D eigenvalue weighted by atomic mass is 10.2. The van der Waals surface area contributed by atoms with Crippen molar-refractivity contribution in [3.63, 3.8) is 0 Å². The molecule has 0 unspecified atom stereocenters. The molecule has 2 aromatic carbocycles. The van der Waals surface area contributed by atoms with Gasteiger partial charge in [0.2, 0.25) is 0 Å². The van der Waals surface area contributed by atoms with Gasteiger partial charge in [-0.1, -0.05) is 48.5 Å². The van der Waals surface area contributed by atoms with Gasteiger partial charge in [0, 0.05) is 17.3 Å². The third kappa shape index (κ3) is 5.30. The molecule has 1 aliphatic heterocycles. The summed E-state index contributed by atoms with van der Waals surface area (Å²) in [5, 5.41) is 11.9. The van der Waals surface area contributed by atoms with Gasteiger partial charge in [0.05, 0.1) is 12.6 Å². The molecule has 4 nitrogen and oxygen atoms in total. The van der Waals surface area contributed by atoms with Gasteiger partial charge in [-0.05, 0) is 17.7 Å². The van der Waals surface area contributed by atoms with E-state index in [0.717, 1.165) is 10.5 Å². The van der Waals surface area contributed by atoms with Gasteiger partial charge in [0.25, 0.3) is 0 Å². The van der Waals surface area contributed by atoms with Crippen molar-refractivity contribution in [3.8, 4) is 0 Å². The molecule has 0 radical (unpaired) electrons. The molecule has 1 fully saturated rings. The summed E-state index contributed by atoms with van der Waals surface area (Å²) in [7, 11) is 0. The van der Waals surface area contributed by atoms with Gasteiger partial charge in [-0.25, -0.2) is 0 Å². The van der Waals surface area contributed by atoms with Crippen LogP contribution in [0.5, 0.6) is 0 Å². The van der Waals surface area contributed by atoms with Crippen molar-refractivity contribution in [2.45, 2.75) is 23.6 Å². The minimum absolute atomic E-state index is 0.0375. The monoisotopic (exact) mass is 328 g/mol. The minimum Gasteiger partial charge on any atom is -0.596 e. The Morgan fingerprint density at radius 3 is 2.48 bits per heavy atom. The molecule has 23 heavy (non-hydrogen) atoms. The number of epoxide rings is 1. The van der Waals surface area contributed by atoms with Crippen molar-refractivity contribution in [1.82, 2.24) is 0 Å². The fourth-order valence-corrected chi connectivity index (χ4v) is 3.10. The standard InChI is InChI=1S/C18H19NO3S/c20-18(22-11-14-7-3-1-4-8-14)19-16(17-12-21-17)13-23-15-9-5-2-6-10-15/h1-10,16-17H,11-13H2,(H,19,20)/p-1/t16-,17+/m0/s1. The third-order valence-corrected chi connectivity index (χ3v) is 4.54. The van der Waals surface area contributed by atoms with Gasteiger partial charge in [-0.3, -0.25) is 4.99 Å². The lowest BCUT2D eigenvalue weighted by Crippen LogP contribution is -2.27. The topological polar surface area (TPSA) is 57.2 Å². The first kappa shape index (κ1) is 15.9. The number of thioether (sulfide) groups is 1. The minimum atomic E-state index is -0.525. The highest BCUT2D eigenvalue weighted by atomic mass is 32.2. The summed E-state index contributed by atoms with van der Waals surface area (Å²) < 4.78 is 10.5. The molecule has 0 saturated carbocycles. The van der Waals surface area contributed by atoms with Crippen molar-refractivity contribution in [1.29, 1.82) is 0 Å². The summed E-state index contributed by atoms with van der Waals surface area (Å²) in [5.74, 6) is 0.703. The van der Waals surface area contributed by atoms with Crippen molar-refractivity contribution >= 4 is 17.8 Å². The third-order valence-electron chi connectivity index (χ3n) is 3.43. The second kappa shape index (κ2) is 8.04. The molecule has 1 aliphatic rings. The quantitative estimate of drug-likeness (QED) is 0.339. The molecule has 0 aliphatic carbocycles. The van der Waals surface area contributed by atoms with Gasteiger partial charge in [-0.15, -0.1) is 11.8 Å². The fourth-order valence-electron chi connectivity index (χ4n) is 2.10. The van der Waals surface area contributed by atoms with E-state index in [9.17, 15) is 5.11 Å². The van der Waals surface area contributed by atoms with Crippen LogP contribution in [-0.4, -0.2) is 30.6 Å². The molecule has 120 valence electrons. The number of hydrogen-bond acceptors (Lipinski definition) is 5. The maximum atomic E-state index is 11.9. The molecule has 2 aromatic rings. The average molecular weight is 328 g/mol. The molecule has 0 bridgehead atoms. The van der Waals surface area contributed by atoms with Crippen LogP contribution in [0.15, 0.2) is 70.6 Å². The van der Waals surface area contributed by atoms with E-state index in [4.69, 9.17) is 9.47 Å². The molecule has 1 heterocycles. The molecular formula is C18H18NO3S-. The molecule has 5 heteroatoms. The SMILES string of the molecule is [O-]C(=N[C@@H](CSc1ccccc1)[C@H]1CO1)OCc1ccccc1. The Bertz CT molecular complexity index is 629. The summed E-state index contributed by atoms with van der Waals surface area (Å²) in [6, 6.07) is 19.5. The van der Waals surface area contributed by atoms with E-state index >= 15 is 0 Å². The second-order valence-corrected chi connectivity index (χ2v) is 6.33. The first-order valence-corrected chi connectivity index (χ1v) is 8.51. The molecule has 0 aromatic heterocycles. The van der Waals surface area contributed by atoms with Crippen LogP contribution in [0.1, 0.15) is 5.56 Å². The van der Waals surface area contributed by atoms with E-state index in [1.807, 2.05) is 60.7 Å². The summed E-state index contributed by atoms with van der Waals surface area (Å²) >= 11 is 1.67. The number of benzene rings is 2. The molecule has 0 amide bonds. The Kier molecular flexibility index (Phi) is 5.56. The molecule has 1 saturated heterocycles. The highest BCUT2D eigenvalue weighted by molar-refractivity contribution is 7.99. The van der Waals surface area contributed by atoms with Crippen LogP contribution in [0.4, 0.5) is 0 Å².